The number of hydrogen-bond donors (Lipinski definition) is 3. The van der Waals surface area contributed by atoms with Crippen molar-refractivity contribution in [3.8, 4) is 17.2 Å². The van der Waals surface area contributed by atoms with E-state index in [4.69, 9.17) is 21.7 Å². The van der Waals surface area contributed by atoms with Crippen LogP contribution >= 0.6 is 12.2 Å². The van der Waals surface area contributed by atoms with Gasteiger partial charge < -0.3 is 30.1 Å². The van der Waals surface area contributed by atoms with Gasteiger partial charge >= 0.3 is 0 Å². The highest BCUT2D eigenvalue weighted by molar-refractivity contribution is 7.80. The molecule has 1 aliphatic carbocycles. The predicted molar refractivity (Wildman–Crippen MR) is 127 cm³/mol. The van der Waals surface area contributed by atoms with Crippen molar-refractivity contribution in [2.24, 2.45) is 0 Å². The van der Waals surface area contributed by atoms with Crippen LogP contribution in [0.3, 0.4) is 0 Å². The molecule has 0 radical (unpaired) electrons. The molecule has 0 spiro atoms. The van der Waals surface area contributed by atoms with E-state index in [1.165, 1.54) is 0 Å². The number of carbonyl (C=O) groups excluding carboxylic acids is 1. The second-order valence-corrected chi connectivity index (χ2v) is 8.18. The van der Waals surface area contributed by atoms with Crippen molar-refractivity contribution in [2.45, 2.75) is 38.8 Å². The molecule has 32 heavy (non-hydrogen) atoms. The maximum atomic E-state index is 13.6. The quantitative estimate of drug-likeness (QED) is 0.544. The normalized spacial score (nSPS) is 18.3. The molecule has 1 atom stereocenters. The minimum absolute atomic E-state index is 0.0503. The number of hydrogen-bond acceptors (Lipinski definition) is 5. The highest BCUT2D eigenvalue weighted by Crippen LogP contribution is 2.40. The van der Waals surface area contributed by atoms with Crippen LogP contribution in [0.25, 0.3) is 0 Å². The first kappa shape index (κ1) is 22.0. The van der Waals surface area contributed by atoms with Gasteiger partial charge in [0, 0.05) is 11.7 Å². The molecule has 0 saturated heterocycles. The van der Waals surface area contributed by atoms with Crippen molar-refractivity contribution in [3.05, 3.63) is 59.3 Å². The molecule has 2 aliphatic rings. The van der Waals surface area contributed by atoms with Crippen molar-refractivity contribution in [1.82, 2.24) is 10.2 Å². The number of aromatic hydroxyl groups is 1. The van der Waals surface area contributed by atoms with Gasteiger partial charge in [-0.05, 0) is 68.7 Å². The fraction of sp³-hybridized carbons (Fsp3) is 0.333. The maximum Gasteiger partial charge on any atom is 0.255 e. The highest BCUT2D eigenvalue weighted by Gasteiger charge is 2.40. The number of phenols is 1. The summed E-state index contributed by atoms with van der Waals surface area (Å²) in [7, 11) is 1.57. The number of allylic oxidation sites excluding steroid dienone is 1. The number of thiocarbonyl (C=S) groups is 1. The van der Waals surface area contributed by atoms with Gasteiger partial charge in [0.05, 0.1) is 31.0 Å². The summed E-state index contributed by atoms with van der Waals surface area (Å²) in [5.74, 6) is 0.750. The van der Waals surface area contributed by atoms with E-state index < -0.39 is 6.04 Å². The van der Waals surface area contributed by atoms with Gasteiger partial charge in [0.1, 0.15) is 5.75 Å². The van der Waals surface area contributed by atoms with E-state index in [1.807, 2.05) is 30.9 Å². The van der Waals surface area contributed by atoms with Crippen LogP contribution in [0.4, 0.5) is 5.69 Å². The van der Waals surface area contributed by atoms with E-state index in [1.54, 1.807) is 37.4 Å². The Morgan fingerprint density at radius 2 is 2.00 bits per heavy atom. The zero-order chi connectivity index (χ0) is 22.8. The first-order valence-corrected chi connectivity index (χ1v) is 11.1. The third-order valence-corrected chi connectivity index (χ3v) is 5.97. The maximum absolute atomic E-state index is 13.6. The lowest BCUT2D eigenvalue weighted by molar-refractivity contribution is -0.113. The van der Waals surface area contributed by atoms with Crippen molar-refractivity contribution >= 4 is 28.9 Å². The molecule has 8 heteroatoms. The Hall–Kier alpha value is -3.26. The highest BCUT2D eigenvalue weighted by atomic mass is 32.1. The summed E-state index contributed by atoms with van der Waals surface area (Å²) in [5.41, 5.74) is 2.74. The van der Waals surface area contributed by atoms with Crippen molar-refractivity contribution in [3.63, 3.8) is 0 Å². The number of carbonyl (C=O) groups is 1. The Labute approximate surface area is 193 Å². The van der Waals surface area contributed by atoms with E-state index in [0.717, 1.165) is 24.1 Å². The Bertz CT molecular complexity index is 1080. The molecule has 1 saturated carbocycles. The lowest BCUT2D eigenvalue weighted by Crippen LogP contribution is -2.49. The molecule has 0 bridgehead atoms. The Morgan fingerprint density at radius 1 is 1.25 bits per heavy atom. The monoisotopic (exact) mass is 453 g/mol. The molecule has 4 rings (SSSR count). The van der Waals surface area contributed by atoms with Crippen LogP contribution in [0.2, 0.25) is 0 Å². The van der Waals surface area contributed by atoms with E-state index >= 15 is 0 Å². The van der Waals surface area contributed by atoms with Gasteiger partial charge in [-0.25, -0.2) is 0 Å². The van der Waals surface area contributed by atoms with Crippen LogP contribution in [-0.4, -0.2) is 40.8 Å². The van der Waals surface area contributed by atoms with Crippen LogP contribution in [0.5, 0.6) is 17.2 Å². The van der Waals surface area contributed by atoms with Gasteiger partial charge in [0.25, 0.3) is 5.91 Å². The zero-order valence-corrected chi connectivity index (χ0v) is 19.2. The molecule has 168 valence electrons. The van der Waals surface area contributed by atoms with Crippen molar-refractivity contribution in [2.75, 3.05) is 19.0 Å². The minimum Gasteiger partial charge on any atom is -0.504 e. The number of anilines is 1. The zero-order valence-electron chi connectivity index (χ0n) is 18.3. The molecule has 0 aromatic heterocycles. The number of para-hydroxylation sites is 2. The Balaban J connectivity index is 1.76. The van der Waals surface area contributed by atoms with Crippen molar-refractivity contribution < 1.29 is 19.4 Å². The summed E-state index contributed by atoms with van der Waals surface area (Å²) in [6.45, 7) is 4.20. The number of amides is 1. The van der Waals surface area contributed by atoms with Gasteiger partial charge in [-0.1, -0.05) is 18.2 Å². The largest absolute Gasteiger partial charge is 0.504 e. The van der Waals surface area contributed by atoms with E-state index in [2.05, 4.69) is 10.6 Å². The van der Waals surface area contributed by atoms with Crippen LogP contribution in [0.1, 0.15) is 38.3 Å². The number of rotatable bonds is 7. The second kappa shape index (κ2) is 9.08. The lowest BCUT2D eigenvalue weighted by Gasteiger charge is -2.38. The fourth-order valence-electron chi connectivity index (χ4n) is 3.99. The molecule has 1 fully saturated rings. The van der Waals surface area contributed by atoms with E-state index in [9.17, 15) is 9.90 Å². The first-order chi connectivity index (χ1) is 15.4. The summed E-state index contributed by atoms with van der Waals surface area (Å²) in [6.07, 6.45) is 2.08. The molecule has 2 aromatic carbocycles. The van der Waals surface area contributed by atoms with Gasteiger partial charge in [-0.3, -0.25) is 4.79 Å². The summed E-state index contributed by atoms with van der Waals surface area (Å²) in [5, 5.41) is 17.1. The Kier molecular flexibility index (Phi) is 6.23. The van der Waals surface area contributed by atoms with Crippen molar-refractivity contribution in [1.29, 1.82) is 0 Å². The lowest BCUT2D eigenvalue weighted by atomic mass is 9.93. The summed E-state index contributed by atoms with van der Waals surface area (Å²) in [4.78, 5) is 15.6. The standard InChI is InChI=1S/C24H27N3O4S/c1-4-31-20-13-15(9-12-18(20)28)22-21(14(2)27(16-10-11-16)24(32)26-22)23(29)25-17-7-5-6-8-19(17)30-3/h5-9,12-13,16,22,28H,4,10-11H2,1-3H3,(H,25,29)(H,26,32). The van der Waals surface area contributed by atoms with Gasteiger partial charge in [-0.2, -0.15) is 0 Å². The molecular formula is C24H27N3O4S. The average Bonchev–Trinajstić information content (AvgIpc) is 3.60. The van der Waals surface area contributed by atoms with Gasteiger partial charge in [0.15, 0.2) is 16.6 Å². The number of nitrogens with one attached hydrogen (secondary N) is 2. The minimum atomic E-state index is -0.494. The van der Waals surface area contributed by atoms with Gasteiger partial charge in [0.2, 0.25) is 0 Å². The SMILES string of the molecule is CCOc1cc(C2NC(=S)N(C3CC3)C(C)=C2C(=O)Nc2ccccc2OC)ccc1O. The van der Waals surface area contributed by atoms with Gasteiger partial charge in [-0.15, -0.1) is 0 Å². The van der Waals surface area contributed by atoms with Crippen LogP contribution in [-0.2, 0) is 4.79 Å². The predicted octanol–water partition coefficient (Wildman–Crippen LogP) is 4.11. The molecule has 1 unspecified atom stereocenters. The summed E-state index contributed by atoms with van der Waals surface area (Å²) in [6, 6.07) is 12.2. The smallest absolute Gasteiger partial charge is 0.255 e. The first-order valence-electron chi connectivity index (χ1n) is 10.6. The number of methoxy groups -OCH3 is 1. The van der Waals surface area contributed by atoms with Crippen LogP contribution < -0.4 is 20.1 Å². The molecule has 1 heterocycles. The van der Waals surface area contributed by atoms with E-state index in [0.29, 0.717) is 40.5 Å². The summed E-state index contributed by atoms with van der Waals surface area (Å²) >= 11 is 5.66. The Morgan fingerprint density at radius 3 is 2.69 bits per heavy atom. The molecule has 1 aliphatic heterocycles. The third-order valence-electron chi connectivity index (χ3n) is 5.66. The van der Waals surface area contributed by atoms with E-state index in [-0.39, 0.29) is 11.7 Å². The summed E-state index contributed by atoms with van der Waals surface area (Å²) < 4.78 is 11.0. The molecule has 7 nitrogen and oxygen atoms in total. The number of benzene rings is 2. The molecular weight excluding hydrogens is 426 g/mol. The second-order valence-electron chi connectivity index (χ2n) is 7.80. The topological polar surface area (TPSA) is 83.1 Å². The number of phenolic OH excluding ortho intramolecular Hbond substituents is 1. The number of ether oxygens (including phenoxy) is 2. The fourth-order valence-corrected chi connectivity index (χ4v) is 4.40. The molecule has 3 N–H and O–H groups in total. The molecule has 1 amide bonds. The average molecular weight is 454 g/mol. The van der Waals surface area contributed by atoms with Crippen LogP contribution in [0.15, 0.2) is 53.7 Å². The molecule has 2 aromatic rings. The van der Waals surface area contributed by atoms with Crippen LogP contribution in [0, 0.1) is 0 Å². The number of nitrogens with zero attached hydrogens (tertiary/aromatic N) is 1. The third kappa shape index (κ3) is 4.23.